The van der Waals surface area contributed by atoms with E-state index in [0.29, 0.717) is 23.7 Å². The molecule has 2 rings (SSSR count). The van der Waals surface area contributed by atoms with Crippen LogP contribution in [0.4, 0.5) is 5.69 Å². The molecular weight excluding hydrogens is 322 g/mol. The average molecular weight is 347 g/mol. The molecule has 0 radical (unpaired) electrons. The van der Waals surface area contributed by atoms with Gasteiger partial charge in [-0.15, -0.1) is 0 Å². The summed E-state index contributed by atoms with van der Waals surface area (Å²) in [5, 5.41) is 13.9. The Kier molecular flexibility index (Phi) is 6.94. The van der Waals surface area contributed by atoms with Gasteiger partial charge in [0.05, 0.1) is 13.0 Å². The topological polar surface area (TPSA) is 98.7 Å². The Hall–Kier alpha value is -2.41. The third-order valence-corrected chi connectivity index (χ3v) is 4.16. The second-order valence-corrected chi connectivity index (χ2v) is 6.51. The fourth-order valence-electron chi connectivity index (χ4n) is 2.92. The van der Waals surface area contributed by atoms with Crippen molar-refractivity contribution in [3.05, 3.63) is 29.8 Å². The molecule has 1 heterocycles. The maximum atomic E-state index is 12.1. The summed E-state index contributed by atoms with van der Waals surface area (Å²) in [6, 6.07) is 6.55. The van der Waals surface area contributed by atoms with Gasteiger partial charge in [-0.2, -0.15) is 0 Å². The number of carbonyl (C=O) groups excluding carboxylic acids is 2. The van der Waals surface area contributed by atoms with Gasteiger partial charge < -0.3 is 15.7 Å². The lowest BCUT2D eigenvalue weighted by molar-refractivity contribution is -0.136. The number of carboxylic acid groups (broad SMARTS) is 1. The van der Waals surface area contributed by atoms with Crippen LogP contribution >= 0.6 is 0 Å². The van der Waals surface area contributed by atoms with E-state index in [0.717, 1.165) is 19.5 Å². The van der Waals surface area contributed by atoms with Gasteiger partial charge in [0.1, 0.15) is 0 Å². The van der Waals surface area contributed by atoms with Crippen molar-refractivity contribution in [3.8, 4) is 0 Å². The van der Waals surface area contributed by atoms with E-state index < -0.39 is 5.97 Å². The SMILES string of the molecule is CC1CCCN(CC(=O)Nc2ccc(C(=O)NCCC(=O)O)cc2)C1. The molecule has 1 aliphatic rings. The van der Waals surface area contributed by atoms with Crippen molar-refractivity contribution in [1.82, 2.24) is 10.2 Å². The number of benzene rings is 1. The monoisotopic (exact) mass is 347 g/mol. The van der Waals surface area contributed by atoms with Gasteiger partial charge in [0.15, 0.2) is 0 Å². The smallest absolute Gasteiger partial charge is 0.305 e. The zero-order valence-electron chi connectivity index (χ0n) is 14.5. The zero-order chi connectivity index (χ0) is 18.2. The van der Waals surface area contributed by atoms with Gasteiger partial charge >= 0.3 is 5.97 Å². The highest BCUT2D eigenvalue weighted by molar-refractivity contribution is 5.96. The molecular formula is C18H25N3O4. The van der Waals surface area contributed by atoms with Gasteiger partial charge in [-0.05, 0) is 49.6 Å². The van der Waals surface area contributed by atoms with Crippen LogP contribution in [0.2, 0.25) is 0 Å². The molecule has 1 saturated heterocycles. The summed E-state index contributed by atoms with van der Waals surface area (Å²) >= 11 is 0. The van der Waals surface area contributed by atoms with E-state index in [1.54, 1.807) is 24.3 Å². The number of piperidine rings is 1. The van der Waals surface area contributed by atoms with Crippen molar-refractivity contribution in [2.24, 2.45) is 5.92 Å². The summed E-state index contributed by atoms with van der Waals surface area (Å²) in [5.41, 5.74) is 1.06. The molecule has 2 amide bonds. The summed E-state index contributed by atoms with van der Waals surface area (Å²) in [7, 11) is 0. The molecule has 1 aromatic carbocycles. The number of hydrogen-bond donors (Lipinski definition) is 3. The van der Waals surface area contributed by atoms with E-state index in [4.69, 9.17) is 5.11 Å². The third kappa shape index (κ3) is 6.54. The molecule has 1 aliphatic heterocycles. The second-order valence-electron chi connectivity index (χ2n) is 6.51. The van der Waals surface area contributed by atoms with E-state index in [-0.39, 0.29) is 24.8 Å². The van der Waals surface area contributed by atoms with Gasteiger partial charge in [-0.1, -0.05) is 6.92 Å². The highest BCUT2D eigenvalue weighted by atomic mass is 16.4. The average Bonchev–Trinajstić information content (AvgIpc) is 2.55. The van der Waals surface area contributed by atoms with Gasteiger partial charge in [-0.3, -0.25) is 19.3 Å². The first-order valence-electron chi connectivity index (χ1n) is 8.56. The number of anilines is 1. The van der Waals surface area contributed by atoms with Crippen LogP contribution in [0.3, 0.4) is 0 Å². The third-order valence-electron chi connectivity index (χ3n) is 4.16. The summed E-state index contributed by atoms with van der Waals surface area (Å²) in [4.78, 5) is 36.6. The number of likely N-dealkylation sites (tertiary alicyclic amines) is 1. The second kappa shape index (κ2) is 9.17. The molecule has 7 nitrogen and oxygen atoms in total. The van der Waals surface area contributed by atoms with Gasteiger partial charge in [0.2, 0.25) is 5.91 Å². The van der Waals surface area contributed by atoms with Crippen LogP contribution < -0.4 is 10.6 Å². The largest absolute Gasteiger partial charge is 0.481 e. The highest BCUT2D eigenvalue weighted by Gasteiger charge is 2.18. The lowest BCUT2D eigenvalue weighted by atomic mass is 10.0. The Balaban J connectivity index is 1.80. The number of aliphatic carboxylic acids is 1. The molecule has 7 heteroatoms. The number of carbonyl (C=O) groups is 3. The predicted molar refractivity (Wildman–Crippen MR) is 94.5 cm³/mol. The van der Waals surface area contributed by atoms with Crippen molar-refractivity contribution in [3.63, 3.8) is 0 Å². The Morgan fingerprint density at radius 2 is 1.96 bits per heavy atom. The first kappa shape index (κ1) is 18.9. The minimum absolute atomic E-state index is 0.0623. The molecule has 1 fully saturated rings. The van der Waals surface area contributed by atoms with Crippen LogP contribution in [-0.4, -0.2) is 54.0 Å². The Bertz CT molecular complexity index is 615. The highest BCUT2D eigenvalue weighted by Crippen LogP contribution is 2.15. The van der Waals surface area contributed by atoms with E-state index in [9.17, 15) is 14.4 Å². The first-order valence-corrected chi connectivity index (χ1v) is 8.56. The fraction of sp³-hybridized carbons (Fsp3) is 0.500. The lowest BCUT2D eigenvalue weighted by Crippen LogP contribution is -2.39. The number of hydrogen-bond acceptors (Lipinski definition) is 4. The van der Waals surface area contributed by atoms with Crippen molar-refractivity contribution in [1.29, 1.82) is 0 Å². The van der Waals surface area contributed by atoms with Gasteiger partial charge in [-0.25, -0.2) is 0 Å². The van der Waals surface area contributed by atoms with Gasteiger partial charge in [0, 0.05) is 24.3 Å². The van der Waals surface area contributed by atoms with Crippen LogP contribution in [0.15, 0.2) is 24.3 Å². The number of nitrogens with one attached hydrogen (secondary N) is 2. The minimum atomic E-state index is -0.957. The maximum Gasteiger partial charge on any atom is 0.305 e. The van der Waals surface area contributed by atoms with E-state index >= 15 is 0 Å². The van der Waals surface area contributed by atoms with E-state index in [1.807, 2.05) is 0 Å². The molecule has 0 bridgehead atoms. The van der Waals surface area contributed by atoms with E-state index in [1.165, 1.54) is 6.42 Å². The molecule has 0 spiro atoms. The molecule has 25 heavy (non-hydrogen) atoms. The molecule has 136 valence electrons. The molecule has 0 saturated carbocycles. The van der Waals surface area contributed by atoms with Crippen molar-refractivity contribution >= 4 is 23.5 Å². The summed E-state index contributed by atoms with van der Waals surface area (Å²) in [6.07, 6.45) is 2.23. The zero-order valence-corrected chi connectivity index (χ0v) is 14.5. The standard InChI is InChI=1S/C18H25N3O4/c1-13-3-2-10-21(11-13)12-16(22)20-15-6-4-14(5-7-15)18(25)19-9-8-17(23)24/h4-7,13H,2-3,8-12H2,1H3,(H,19,25)(H,20,22)(H,23,24). The molecule has 0 aliphatic carbocycles. The van der Waals surface area contributed by atoms with Crippen LogP contribution in [0, 0.1) is 5.92 Å². The van der Waals surface area contributed by atoms with Crippen LogP contribution in [0.1, 0.15) is 36.5 Å². The quantitative estimate of drug-likeness (QED) is 0.695. The number of rotatable bonds is 7. The van der Waals surface area contributed by atoms with Crippen molar-refractivity contribution in [2.75, 3.05) is 31.5 Å². The van der Waals surface area contributed by atoms with Gasteiger partial charge in [0.25, 0.3) is 5.91 Å². The maximum absolute atomic E-state index is 12.1. The summed E-state index contributed by atoms with van der Waals surface area (Å²) < 4.78 is 0. The van der Waals surface area contributed by atoms with Crippen molar-refractivity contribution < 1.29 is 19.5 Å². The molecule has 1 aromatic rings. The number of carboxylic acids is 1. The Morgan fingerprint density at radius 3 is 2.60 bits per heavy atom. The lowest BCUT2D eigenvalue weighted by Gasteiger charge is -2.30. The predicted octanol–water partition coefficient (Wildman–Crippen LogP) is 1.56. The Labute approximate surface area is 147 Å². The van der Waals surface area contributed by atoms with Crippen LogP contribution in [-0.2, 0) is 9.59 Å². The molecule has 1 atom stereocenters. The summed E-state index contributed by atoms with van der Waals surface area (Å²) in [5.74, 6) is -0.726. The molecule has 1 unspecified atom stereocenters. The Morgan fingerprint density at radius 1 is 1.24 bits per heavy atom. The minimum Gasteiger partial charge on any atom is -0.481 e. The molecule has 0 aromatic heterocycles. The van der Waals surface area contributed by atoms with Crippen LogP contribution in [0.25, 0.3) is 0 Å². The first-order chi connectivity index (χ1) is 11.9. The fourth-order valence-corrected chi connectivity index (χ4v) is 2.92. The number of nitrogens with zero attached hydrogens (tertiary/aromatic N) is 1. The van der Waals surface area contributed by atoms with Crippen LogP contribution in [0.5, 0.6) is 0 Å². The summed E-state index contributed by atoms with van der Waals surface area (Å²) in [6.45, 7) is 4.56. The normalized spacial score (nSPS) is 17.7. The number of amides is 2. The molecule has 3 N–H and O–H groups in total. The van der Waals surface area contributed by atoms with E-state index in [2.05, 4.69) is 22.5 Å². The van der Waals surface area contributed by atoms with Crippen molar-refractivity contribution in [2.45, 2.75) is 26.2 Å².